The minimum absolute atomic E-state index is 0.311. The van der Waals surface area contributed by atoms with Crippen LogP contribution in [0.25, 0.3) is 11.1 Å². The molecule has 0 amide bonds. The van der Waals surface area contributed by atoms with Crippen LogP contribution in [0.3, 0.4) is 0 Å². The summed E-state index contributed by atoms with van der Waals surface area (Å²) in [5.74, 6) is 0.648. The highest BCUT2D eigenvalue weighted by Gasteiger charge is 2.30. The molecule has 0 bridgehead atoms. The average molecular weight is 455 g/mol. The fourth-order valence-electron chi connectivity index (χ4n) is 3.64. The third kappa shape index (κ3) is 4.82. The molecule has 28 heavy (non-hydrogen) atoms. The molecule has 0 spiro atoms. The lowest BCUT2D eigenvalue weighted by atomic mass is 9.80. The molecule has 0 aliphatic rings. The first-order chi connectivity index (χ1) is 13.1. The Hall–Kier alpha value is -1.29. The van der Waals surface area contributed by atoms with Crippen LogP contribution in [0.15, 0.2) is 34.8 Å². The highest BCUT2D eigenvalue weighted by Crippen LogP contribution is 2.44. The highest BCUT2D eigenvalue weighted by molar-refractivity contribution is 9.10. The maximum absolute atomic E-state index is 13.0. The molecule has 2 atom stereocenters. The summed E-state index contributed by atoms with van der Waals surface area (Å²) >= 11 is 3.84. The topological polar surface area (TPSA) is 0 Å². The van der Waals surface area contributed by atoms with Gasteiger partial charge in [-0.1, -0.05) is 75.2 Å². The summed E-state index contributed by atoms with van der Waals surface area (Å²) in [6, 6.07) is 7.91. The molecule has 2 rings (SSSR count). The number of benzene rings is 2. The second kappa shape index (κ2) is 9.47. The van der Waals surface area contributed by atoms with Gasteiger partial charge in [-0.3, -0.25) is 0 Å². The summed E-state index contributed by atoms with van der Waals surface area (Å²) < 4.78 is 40.2. The predicted octanol–water partition coefficient (Wildman–Crippen LogP) is 9.11. The molecule has 0 heterocycles. The number of hydrogen-bond acceptors (Lipinski definition) is 0. The van der Waals surface area contributed by atoms with Gasteiger partial charge in [0.25, 0.3) is 0 Å². The molecule has 0 N–H and O–H groups in total. The minimum atomic E-state index is -4.32. The minimum Gasteiger partial charge on any atom is -0.166 e. The normalized spacial score (nSPS) is 14.2. The number of aryl methyl sites for hydroxylation is 1. The van der Waals surface area contributed by atoms with Crippen LogP contribution in [-0.2, 0) is 12.6 Å². The van der Waals surface area contributed by atoms with Gasteiger partial charge in [0.05, 0.1) is 5.56 Å². The van der Waals surface area contributed by atoms with Gasteiger partial charge >= 0.3 is 6.18 Å². The van der Waals surface area contributed by atoms with Crippen LogP contribution in [0, 0.1) is 0 Å². The summed E-state index contributed by atoms with van der Waals surface area (Å²) in [4.78, 5) is 0. The lowest BCUT2D eigenvalue weighted by Crippen LogP contribution is -2.08. The first-order valence-electron chi connectivity index (χ1n) is 10.2. The number of rotatable bonds is 7. The molecule has 0 saturated heterocycles. The highest BCUT2D eigenvalue weighted by atomic mass is 79.9. The number of halogens is 4. The van der Waals surface area contributed by atoms with Gasteiger partial charge in [-0.25, -0.2) is 0 Å². The van der Waals surface area contributed by atoms with E-state index in [0.717, 1.165) is 41.3 Å². The van der Waals surface area contributed by atoms with Crippen molar-refractivity contribution in [2.75, 3.05) is 0 Å². The van der Waals surface area contributed by atoms with Crippen molar-refractivity contribution in [1.82, 2.24) is 0 Å². The van der Waals surface area contributed by atoms with E-state index in [2.05, 4.69) is 56.6 Å². The van der Waals surface area contributed by atoms with Crippen LogP contribution < -0.4 is 0 Å². The summed E-state index contributed by atoms with van der Waals surface area (Å²) in [5, 5.41) is 0. The first-order valence-corrected chi connectivity index (χ1v) is 11.0. The molecule has 0 aliphatic heterocycles. The monoisotopic (exact) mass is 454 g/mol. The van der Waals surface area contributed by atoms with E-state index in [4.69, 9.17) is 0 Å². The van der Waals surface area contributed by atoms with Crippen molar-refractivity contribution < 1.29 is 13.2 Å². The third-order valence-corrected chi connectivity index (χ3v) is 6.61. The van der Waals surface area contributed by atoms with Crippen LogP contribution in [0.2, 0.25) is 0 Å². The van der Waals surface area contributed by atoms with Gasteiger partial charge in [0.15, 0.2) is 0 Å². The Balaban J connectivity index is 2.80. The van der Waals surface area contributed by atoms with Crippen molar-refractivity contribution >= 4 is 15.9 Å². The third-order valence-electron chi connectivity index (χ3n) is 5.67. The zero-order valence-corrected chi connectivity index (χ0v) is 19.0. The molecular weight excluding hydrogens is 425 g/mol. The van der Waals surface area contributed by atoms with E-state index in [1.54, 1.807) is 12.1 Å². The Morgan fingerprint density at radius 2 is 1.50 bits per heavy atom. The van der Waals surface area contributed by atoms with E-state index in [0.29, 0.717) is 11.8 Å². The molecule has 0 nitrogen and oxygen atoms in total. The Morgan fingerprint density at radius 1 is 0.929 bits per heavy atom. The molecular formula is C24H30BrF3. The average Bonchev–Trinajstić information content (AvgIpc) is 2.67. The molecule has 0 radical (unpaired) electrons. The van der Waals surface area contributed by atoms with E-state index in [-0.39, 0.29) is 0 Å². The van der Waals surface area contributed by atoms with Crippen molar-refractivity contribution in [3.63, 3.8) is 0 Å². The molecule has 0 aliphatic carbocycles. The van der Waals surface area contributed by atoms with Crippen LogP contribution in [0.5, 0.6) is 0 Å². The standard InChI is InChI=1S/C24H30BrF3/c1-6-9-18-14-20(15(4)7-2)22(21(23(18)25)16(5)8-3)17-10-12-19(13-11-17)24(26,27)28/h10-16H,6-9H2,1-5H3. The second-order valence-electron chi connectivity index (χ2n) is 7.67. The summed E-state index contributed by atoms with van der Waals surface area (Å²) in [5.41, 5.74) is 5.12. The fraction of sp³-hybridized carbons (Fsp3) is 0.500. The molecule has 4 heteroatoms. The van der Waals surface area contributed by atoms with Crippen molar-refractivity contribution in [3.8, 4) is 11.1 Å². The second-order valence-corrected chi connectivity index (χ2v) is 8.46. The van der Waals surface area contributed by atoms with Gasteiger partial charge in [0.1, 0.15) is 0 Å². The van der Waals surface area contributed by atoms with Crippen molar-refractivity contribution in [2.45, 2.75) is 78.3 Å². The number of alkyl halides is 3. The molecule has 0 saturated carbocycles. The van der Waals surface area contributed by atoms with Crippen LogP contribution in [0.4, 0.5) is 13.2 Å². The maximum Gasteiger partial charge on any atom is 0.416 e. The van der Waals surface area contributed by atoms with Crippen molar-refractivity contribution in [2.24, 2.45) is 0 Å². The predicted molar refractivity (Wildman–Crippen MR) is 116 cm³/mol. The van der Waals surface area contributed by atoms with Crippen molar-refractivity contribution in [1.29, 1.82) is 0 Å². The van der Waals surface area contributed by atoms with Crippen LogP contribution in [-0.4, -0.2) is 0 Å². The van der Waals surface area contributed by atoms with Gasteiger partial charge in [-0.05, 0) is 71.0 Å². The van der Waals surface area contributed by atoms with Gasteiger partial charge in [-0.2, -0.15) is 13.2 Å². The Morgan fingerprint density at radius 3 is 1.96 bits per heavy atom. The van der Waals surface area contributed by atoms with Gasteiger partial charge < -0.3 is 0 Å². The van der Waals surface area contributed by atoms with Gasteiger partial charge in [0, 0.05) is 4.47 Å². The zero-order valence-electron chi connectivity index (χ0n) is 17.4. The molecule has 0 aromatic heterocycles. The quantitative estimate of drug-likeness (QED) is 0.391. The van der Waals surface area contributed by atoms with E-state index in [1.807, 2.05) is 0 Å². The van der Waals surface area contributed by atoms with E-state index in [1.165, 1.54) is 28.8 Å². The van der Waals surface area contributed by atoms with Gasteiger partial charge in [-0.15, -0.1) is 0 Å². The largest absolute Gasteiger partial charge is 0.416 e. The van der Waals surface area contributed by atoms with Crippen LogP contribution >= 0.6 is 15.9 Å². The Kier molecular flexibility index (Phi) is 7.78. The molecule has 0 fully saturated rings. The molecule has 154 valence electrons. The lowest BCUT2D eigenvalue weighted by molar-refractivity contribution is -0.137. The van der Waals surface area contributed by atoms with Crippen LogP contribution in [0.1, 0.15) is 88.0 Å². The van der Waals surface area contributed by atoms with Gasteiger partial charge in [0.2, 0.25) is 0 Å². The SMILES string of the molecule is CCCc1cc(C(C)CC)c(-c2ccc(C(F)(F)F)cc2)c(C(C)CC)c1Br. The Labute approximate surface area is 175 Å². The van der Waals surface area contributed by atoms with Crippen molar-refractivity contribution in [3.05, 3.63) is 57.1 Å². The summed E-state index contributed by atoms with van der Waals surface area (Å²) in [6.45, 7) is 10.9. The summed E-state index contributed by atoms with van der Waals surface area (Å²) in [6.07, 6.45) is -0.315. The zero-order chi connectivity index (χ0) is 21.1. The smallest absolute Gasteiger partial charge is 0.166 e. The summed E-state index contributed by atoms with van der Waals surface area (Å²) in [7, 11) is 0. The molecule has 2 aromatic rings. The lowest BCUT2D eigenvalue weighted by Gasteiger charge is -2.26. The van der Waals surface area contributed by atoms with E-state index >= 15 is 0 Å². The molecule has 2 aromatic carbocycles. The first kappa shape index (κ1) is 23.0. The van der Waals surface area contributed by atoms with E-state index < -0.39 is 11.7 Å². The molecule has 2 unspecified atom stereocenters. The maximum atomic E-state index is 13.0. The Bertz CT molecular complexity index is 791. The number of hydrogen-bond donors (Lipinski definition) is 0. The fourth-order valence-corrected chi connectivity index (χ4v) is 4.54. The van der Waals surface area contributed by atoms with E-state index in [9.17, 15) is 13.2 Å².